The van der Waals surface area contributed by atoms with Gasteiger partial charge in [-0.15, -0.1) is 4.20 Å². The molecule has 0 aliphatic carbocycles. The van der Waals surface area contributed by atoms with Crippen molar-refractivity contribution in [1.29, 1.82) is 0 Å². The molecule has 0 bridgehead atoms. The van der Waals surface area contributed by atoms with Gasteiger partial charge in [-0.3, -0.25) is 0 Å². The fourth-order valence-electron chi connectivity index (χ4n) is 0. The molecule has 6 heteroatoms. The average molecular weight is 126 g/mol. The predicted octanol–water partition coefficient (Wildman–Crippen LogP) is 0.647. The van der Waals surface area contributed by atoms with Crippen molar-refractivity contribution in [3.63, 3.8) is 0 Å². The van der Waals surface area contributed by atoms with E-state index in [-0.39, 0.29) is 18.9 Å². The molecule has 1 unspecified atom stereocenters. The number of hydrogen-bond acceptors (Lipinski definition) is 1. The van der Waals surface area contributed by atoms with Crippen molar-refractivity contribution in [2.45, 2.75) is 0 Å². The Bertz CT molecular complexity index is 59.7. The second kappa shape index (κ2) is 3.07. The zero-order chi connectivity index (χ0) is 4.50. The molecule has 0 amide bonds. The zero-order valence-corrected chi connectivity index (χ0v) is 3.71. The van der Waals surface area contributed by atoms with Crippen molar-refractivity contribution in [3.05, 3.63) is 0 Å². The van der Waals surface area contributed by atoms with E-state index in [1.807, 2.05) is 0 Å². The summed E-state index contributed by atoms with van der Waals surface area (Å²) in [5, 5.41) is 0. The minimum atomic E-state index is -4.67. The average Bonchev–Trinajstić information content (AvgIpc) is 0.722. The van der Waals surface area contributed by atoms with Gasteiger partial charge in [0.25, 0.3) is 0 Å². The molecule has 0 aromatic heterocycles. The summed E-state index contributed by atoms with van der Waals surface area (Å²) in [6.45, 7) is 0. The predicted molar refractivity (Wildman–Crippen MR) is 23.9 cm³/mol. The van der Waals surface area contributed by atoms with Crippen LogP contribution < -0.4 is 0 Å². The Hall–Kier alpha value is 1.01. The van der Waals surface area contributed by atoms with Crippen molar-refractivity contribution in [2.24, 2.45) is 0 Å². The molecule has 2 nitrogen and oxygen atoms in total. The molecular formula is H2ClFLiO2P. The van der Waals surface area contributed by atoms with E-state index in [2.05, 4.69) is 11.2 Å². The van der Waals surface area contributed by atoms with Gasteiger partial charge in [-0.2, -0.15) is 0 Å². The molecule has 0 aromatic rings. The van der Waals surface area contributed by atoms with E-state index in [0.717, 1.165) is 0 Å². The Morgan fingerprint density at radius 1 is 1.83 bits per heavy atom. The molecule has 1 atom stereocenters. The Kier molecular flexibility index (Phi) is 5.16. The molecule has 34 valence electrons. The molecule has 0 fully saturated rings. The fraction of sp³-hybridized carbons (Fsp3) is 0. The number of rotatable bonds is 0. The molecule has 0 aromatic carbocycles. The third-order valence-electron chi connectivity index (χ3n) is 0. The first-order valence-corrected chi connectivity index (χ1v) is 3.18. The van der Waals surface area contributed by atoms with Crippen LogP contribution in [0.2, 0.25) is 0 Å². The van der Waals surface area contributed by atoms with Crippen LogP contribution in [0.1, 0.15) is 0 Å². The monoisotopic (exact) mass is 126 g/mol. The Balaban J connectivity index is 0. The van der Waals surface area contributed by atoms with E-state index >= 15 is 0 Å². The normalized spacial score (nSPS) is 17.8. The first kappa shape index (κ1) is 10.1. The first-order chi connectivity index (χ1) is 2.00. The maximum atomic E-state index is 10.6. The SMILES string of the molecule is O=P(O)(F)Cl.[LiH]. The molecule has 1 N–H and O–H groups in total. The number of halogens is 2. The van der Waals surface area contributed by atoms with Gasteiger partial charge in [0.15, 0.2) is 0 Å². The Morgan fingerprint density at radius 2 is 1.83 bits per heavy atom. The number of hydrogen-bond donors (Lipinski definition) is 1. The van der Waals surface area contributed by atoms with Gasteiger partial charge in [-0.25, -0.2) is 4.57 Å². The summed E-state index contributed by atoms with van der Waals surface area (Å²) in [6, 6.07) is 0. The van der Waals surface area contributed by atoms with E-state index in [9.17, 15) is 4.20 Å². The maximum absolute atomic E-state index is 10.6. The van der Waals surface area contributed by atoms with Gasteiger partial charge in [0.05, 0.1) is 0 Å². The summed E-state index contributed by atoms with van der Waals surface area (Å²) in [5.41, 5.74) is 0. The summed E-state index contributed by atoms with van der Waals surface area (Å²) in [4.78, 5) is 7.18. The molecule has 0 heterocycles. The molecule has 0 aliphatic rings. The van der Waals surface area contributed by atoms with Crippen molar-refractivity contribution < 1.29 is 13.7 Å². The summed E-state index contributed by atoms with van der Waals surface area (Å²) in [6.07, 6.45) is 0. The van der Waals surface area contributed by atoms with Gasteiger partial charge in [-0.05, 0) is 0 Å². The summed E-state index contributed by atoms with van der Waals surface area (Å²) < 4.78 is 19.4. The minimum absolute atomic E-state index is 0. The van der Waals surface area contributed by atoms with E-state index < -0.39 is 7.03 Å². The van der Waals surface area contributed by atoms with Gasteiger partial charge < -0.3 is 4.89 Å². The van der Waals surface area contributed by atoms with Gasteiger partial charge in [-0.1, -0.05) is 0 Å². The molecule has 0 spiro atoms. The van der Waals surface area contributed by atoms with Crippen LogP contribution in [0.25, 0.3) is 0 Å². The van der Waals surface area contributed by atoms with Gasteiger partial charge in [0, 0.05) is 11.2 Å². The topological polar surface area (TPSA) is 37.3 Å². The standard InChI is InChI=1S/ClFHO2P.Li.H/c1-5(2,3)4;;/h(H,3,4);;. The summed E-state index contributed by atoms with van der Waals surface area (Å²) in [5.74, 6) is 0. The quantitative estimate of drug-likeness (QED) is 0.382. The van der Waals surface area contributed by atoms with E-state index in [0.29, 0.717) is 0 Å². The molecule has 6 heavy (non-hydrogen) atoms. The zero-order valence-electron chi connectivity index (χ0n) is 2.06. The molecule has 0 saturated carbocycles. The van der Waals surface area contributed by atoms with E-state index in [4.69, 9.17) is 9.46 Å². The third-order valence-corrected chi connectivity index (χ3v) is 0. The van der Waals surface area contributed by atoms with Crippen LogP contribution >= 0.6 is 18.3 Å². The van der Waals surface area contributed by atoms with Crippen LogP contribution in [0, 0.1) is 0 Å². The van der Waals surface area contributed by atoms with Crippen LogP contribution in [0.4, 0.5) is 4.20 Å². The van der Waals surface area contributed by atoms with E-state index in [1.54, 1.807) is 0 Å². The summed E-state index contributed by atoms with van der Waals surface area (Å²) >= 11 is 3.97. The van der Waals surface area contributed by atoms with Crippen LogP contribution in [-0.4, -0.2) is 23.8 Å². The molecular weight excluding hydrogens is 124 g/mol. The van der Waals surface area contributed by atoms with Crippen LogP contribution in [0.3, 0.4) is 0 Å². The Morgan fingerprint density at radius 3 is 1.83 bits per heavy atom. The van der Waals surface area contributed by atoms with Crippen molar-refractivity contribution >= 4 is 37.1 Å². The molecule has 0 saturated heterocycles. The van der Waals surface area contributed by atoms with Crippen molar-refractivity contribution in [1.82, 2.24) is 0 Å². The third kappa shape index (κ3) is 79.2. The van der Waals surface area contributed by atoms with E-state index in [1.165, 1.54) is 0 Å². The van der Waals surface area contributed by atoms with Crippen molar-refractivity contribution in [3.8, 4) is 0 Å². The second-order valence-corrected chi connectivity index (χ2v) is 2.56. The Labute approximate surface area is 51.2 Å². The molecule has 0 aliphatic heterocycles. The van der Waals surface area contributed by atoms with Gasteiger partial charge in [0.2, 0.25) is 0 Å². The molecule has 0 radical (unpaired) electrons. The first-order valence-electron chi connectivity index (χ1n) is 0.721. The van der Waals surface area contributed by atoms with Gasteiger partial charge >= 0.3 is 25.9 Å². The van der Waals surface area contributed by atoms with Crippen LogP contribution in [0.15, 0.2) is 0 Å². The van der Waals surface area contributed by atoms with Crippen LogP contribution in [-0.2, 0) is 4.57 Å². The summed E-state index contributed by atoms with van der Waals surface area (Å²) in [7, 11) is -4.67. The molecule has 0 rings (SSSR count). The second-order valence-electron chi connectivity index (χ2n) is 0.435. The fourth-order valence-corrected chi connectivity index (χ4v) is 0. The van der Waals surface area contributed by atoms with Gasteiger partial charge in [0.1, 0.15) is 0 Å². The van der Waals surface area contributed by atoms with Crippen LogP contribution in [0.5, 0.6) is 0 Å². The van der Waals surface area contributed by atoms with Crippen molar-refractivity contribution in [2.75, 3.05) is 0 Å².